The topological polar surface area (TPSA) is 44.4 Å². The normalized spacial score (nSPS) is 14.3. The van der Waals surface area contributed by atoms with E-state index >= 15 is 0 Å². The van der Waals surface area contributed by atoms with E-state index in [4.69, 9.17) is 0 Å². The van der Waals surface area contributed by atoms with Crippen LogP contribution in [0.4, 0.5) is 5.69 Å². The molecule has 21 heavy (non-hydrogen) atoms. The molecule has 0 radical (unpaired) electrons. The van der Waals surface area contributed by atoms with Gasteiger partial charge >= 0.3 is 0 Å². The molecule has 1 fully saturated rings. The van der Waals surface area contributed by atoms with Gasteiger partial charge in [0.1, 0.15) is 0 Å². The second kappa shape index (κ2) is 6.94. The maximum absolute atomic E-state index is 11.9. The van der Waals surface area contributed by atoms with Gasteiger partial charge in [0.25, 0.3) is 0 Å². The minimum Gasteiger partial charge on any atom is -0.365 e. The number of rotatable bonds is 7. The highest BCUT2D eigenvalue weighted by Crippen LogP contribution is 2.24. The highest BCUT2D eigenvalue weighted by Gasteiger charge is 2.21. The van der Waals surface area contributed by atoms with Crippen molar-refractivity contribution in [1.82, 2.24) is 10.6 Å². The second-order valence-corrected chi connectivity index (χ2v) is 6.37. The van der Waals surface area contributed by atoms with Crippen LogP contribution in [-0.2, 0) is 11.3 Å². The van der Waals surface area contributed by atoms with Gasteiger partial charge in [0.05, 0.1) is 6.54 Å². The summed E-state index contributed by atoms with van der Waals surface area (Å²) in [5.74, 6) is 0.0641. The third-order valence-corrected chi connectivity index (χ3v) is 3.64. The maximum atomic E-state index is 11.9. The molecule has 116 valence electrons. The number of anilines is 1. The highest BCUT2D eigenvalue weighted by molar-refractivity contribution is 5.81. The number of aryl methyl sites for hydroxylation is 1. The molecule has 1 amide bonds. The van der Waals surface area contributed by atoms with Gasteiger partial charge in [-0.3, -0.25) is 4.79 Å². The largest absolute Gasteiger partial charge is 0.365 e. The number of hydrogen-bond acceptors (Lipinski definition) is 3. The Bertz CT molecular complexity index is 495. The SMILES string of the molecule is Cc1ccc(N(C)CC(=O)NC(C)C)c(CNC2CC2)c1. The van der Waals surface area contributed by atoms with Gasteiger partial charge in [-0.1, -0.05) is 17.7 Å². The Kier molecular flexibility index (Phi) is 5.23. The van der Waals surface area contributed by atoms with Crippen molar-refractivity contribution in [3.05, 3.63) is 29.3 Å². The molecule has 0 atom stereocenters. The molecule has 0 saturated heterocycles. The van der Waals surface area contributed by atoms with Gasteiger partial charge in [-0.05, 0) is 45.2 Å². The summed E-state index contributed by atoms with van der Waals surface area (Å²) in [6.07, 6.45) is 2.57. The van der Waals surface area contributed by atoms with Crippen LogP contribution in [0.25, 0.3) is 0 Å². The van der Waals surface area contributed by atoms with E-state index in [1.807, 2.05) is 25.8 Å². The van der Waals surface area contributed by atoms with E-state index < -0.39 is 0 Å². The lowest BCUT2D eigenvalue weighted by Crippen LogP contribution is -2.39. The van der Waals surface area contributed by atoms with E-state index in [0.29, 0.717) is 12.6 Å². The van der Waals surface area contributed by atoms with Gasteiger partial charge < -0.3 is 15.5 Å². The Balaban J connectivity index is 2.03. The number of benzene rings is 1. The summed E-state index contributed by atoms with van der Waals surface area (Å²) in [6, 6.07) is 7.30. The molecule has 0 unspecified atom stereocenters. The number of carbonyl (C=O) groups is 1. The van der Waals surface area contributed by atoms with Crippen molar-refractivity contribution < 1.29 is 4.79 Å². The summed E-state index contributed by atoms with van der Waals surface area (Å²) in [5.41, 5.74) is 3.65. The van der Waals surface area contributed by atoms with Gasteiger partial charge in [-0.25, -0.2) is 0 Å². The molecule has 0 heterocycles. The molecule has 1 saturated carbocycles. The van der Waals surface area contributed by atoms with Crippen molar-refractivity contribution in [1.29, 1.82) is 0 Å². The van der Waals surface area contributed by atoms with Crippen molar-refractivity contribution >= 4 is 11.6 Å². The first-order valence-electron chi connectivity index (χ1n) is 7.79. The lowest BCUT2D eigenvalue weighted by molar-refractivity contribution is -0.120. The predicted molar refractivity (Wildman–Crippen MR) is 87.6 cm³/mol. The lowest BCUT2D eigenvalue weighted by Gasteiger charge is -2.23. The van der Waals surface area contributed by atoms with E-state index in [2.05, 4.69) is 35.8 Å². The van der Waals surface area contributed by atoms with Crippen LogP contribution in [0.1, 0.15) is 37.8 Å². The number of nitrogens with one attached hydrogen (secondary N) is 2. The molecular weight excluding hydrogens is 262 g/mol. The van der Waals surface area contributed by atoms with Crippen molar-refractivity contribution in [3.8, 4) is 0 Å². The average molecular weight is 289 g/mol. The van der Waals surface area contributed by atoms with Crippen molar-refractivity contribution in [2.45, 2.75) is 52.2 Å². The molecule has 1 aromatic carbocycles. The van der Waals surface area contributed by atoms with E-state index in [0.717, 1.165) is 12.2 Å². The number of carbonyl (C=O) groups excluding carboxylic acids is 1. The Morgan fingerprint density at radius 2 is 2.10 bits per heavy atom. The Hall–Kier alpha value is -1.55. The lowest BCUT2D eigenvalue weighted by atomic mass is 10.1. The molecular formula is C17H27N3O. The van der Waals surface area contributed by atoms with Crippen LogP contribution in [0.15, 0.2) is 18.2 Å². The molecule has 0 spiro atoms. The second-order valence-electron chi connectivity index (χ2n) is 6.37. The fourth-order valence-corrected chi connectivity index (χ4v) is 2.44. The molecule has 1 aromatic rings. The van der Waals surface area contributed by atoms with Crippen LogP contribution < -0.4 is 15.5 Å². The van der Waals surface area contributed by atoms with E-state index in [9.17, 15) is 4.79 Å². The smallest absolute Gasteiger partial charge is 0.239 e. The number of likely N-dealkylation sites (N-methyl/N-ethyl adjacent to an activating group) is 1. The van der Waals surface area contributed by atoms with E-state index in [1.54, 1.807) is 0 Å². The summed E-state index contributed by atoms with van der Waals surface area (Å²) < 4.78 is 0. The summed E-state index contributed by atoms with van der Waals surface area (Å²) in [7, 11) is 1.98. The van der Waals surface area contributed by atoms with Crippen molar-refractivity contribution in [3.63, 3.8) is 0 Å². The van der Waals surface area contributed by atoms with Crippen molar-refractivity contribution in [2.75, 3.05) is 18.5 Å². The summed E-state index contributed by atoms with van der Waals surface area (Å²) in [6.45, 7) is 7.33. The van der Waals surface area contributed by atoms with Gasteiger partial charge in [0.2, 0.25) is 5.91 Å². The van der Waals surface area contributed by atoms with Crippen LogP contribution in [0.5, 0.6) is 0 Å². The molecule has 2 N–H and O–H groups in total. The van der Waals surface area contributed by atoms with Crippen molar-refractivity contribution in [2.24, 2.45) is 0 Å². The first kappa shape index (κ1) is 15.8. The number of amides is 1. The average Bonchev–Trinajstić information content (AvgIpc) is 3.19. The Morgan fingerprint density at radius 3 is 2.71 bits per heavy atom. The fraction of sp³-hybridized carbons (Fsp3) is 0.588. The Labute approximate surface area is 127 Å². The van der Waals surface area contributed by atoms with E-state index in [-0.39, 0.29) is 11.9 Å². The minimum atomic E-state index is 0.0641. The summed E-state index contributed by atoms with van der Waals surface area (Å²) in [4.78, 5) is 14.0. The molecule has 0 aromatic heterocycles. The Morgan fingerprint density at radius 1 is 1.38 bits per heavy atom. The summed E-state index contributed by atoms with van der Waals surface area (Å²) >= 11 is 0. The van der Waals surface area contributed by atoms with Crippen LogP contribution in [-0.4, -0.2) is 31.6 Å². The van der Waals surface area contributed by atoms with Crippen LogP contribution in [0, 0.1) is 6.92 Å². The van der Waals surface area contributed by atoms with Gasteiger partial charge in [0, 0.05) is 31.4 Å². The van der Waals surface area contributed by atoms with Gasteiger partial charge in [-0.15, -0.1) is 0 Å². The molecule has 2 rings (SSSR count). The van der Waals surface area contributed by atoms with Crippen LogP contribution in [0.3, 0.4) is 0 Å². The van der Waals surface area contributed by atoms with Gasteiger partial charge in [0.15, 0.2) is 0 Å². The number of nitrogens with zero attached hydrogens (tertiary/aromatic N) is 1. The van der Waals surface area contributed by atoms with Crippen LogP contribution in [0.2, 0.25) is 0 Å². The quantitative estimate of drug-likeness (QED) is 0.809. The number of hydrogen-bond donors (Lipinski definition) is 2. The zero-order valence-corrected chi connectivity index (χ0v) is 13.6. The zero-order valence-electron chi connectivity index (χ0n) is 13.6. The molecule has 4 heteroatoms. The monoisotopic (exact) mass is 289 g/mol. The third kappa shape index (κ3) is 5.05. The summed E-state index contributed by atoms with van der Waals surface area (Å²) in [5, 5.41) is 6.49. The van der Waals surface area contributed by atoms with E-state index in [1.165, 1.54) is 24.0 Å². The molecule has 0 bridgehead atoms. The minimum absolute atomic E-state index is 0.0641. The molecule has 0 aliphatic heterocycles. The first-order valence-corrected chi connectivity index (χ1v) is 7.79. The zero-order chi connectivity index (χ0) is 15.4. The molecule has 1 aliphatic carbocycles. The fourth-order valence-electron chi connectivity index (χ4n) is 2.44. The first-order chi connectivity index (χ1) is 9.95. The molecule has 4 nitrogen and oxygen atoms in total. The highest BCUT2D eigenvalue weighted by atomic mass is 16.2. The third-order valence-electron chi connectivity index (χ3n) is 3.64. The maximum Gasteiger partial charge on any atom is 0.239 e. The van der Waals surface area contributed by atoms with Crippen LogP contribution >= 0.6 is 0 Å². The predicted octanol–water partition coefficient (Wildman–Crippen LogP) is 2.21. The molecule has 1 aliphatic rings. The van der Waals surface area contributed by atoms with Gasteiger partial charge in [-0.2, -0.15) is 0 Å². The standard InChI is InChI=1S/C17H27N3O/c1-12(2)19-17(21)11-20(4)16-8-5-13(3)9-14(16)10-18-15-6-7-15/h5,8-9,12,15,18H,6-7,10-11H2,1-4H3,(H,19,21).